The molecule has 2 heterocycles. The highest BCUT2D eigenvalue weighted by Crippen LogP contribution is 2.11. The minimum Gasteiger partial charge on any atom is -0.375 e. The average Bonchev–Trinajstić information content (AvgIpc) is 2.77. The van der Waals surface area contributed by atoms with Crippen molar-refractivity contribution in [2.45, 2.75) is 20.0 Å². The SMILES string of the molecule is CC(=O)c1c[nH]c(C(=O)N2CCOC(C)C2)c1. The van der Waals surface area contributed by atoms with Crippen LogP contribution in [0, 0.1) is 0 Å². The number of aromatic amines is 1. The Kier molecular flexibility index (Phi) is 3.28. The van der Waals surface area contributed by atoms with E-state index < -0.39 is 0 Å². The molecule has 0 radical (unpaired) electrons. The normalized spacial score (nSPS) is 20.4. The first kappa shape index (κ1) is 11.9. The van der Waals surface area contributed by atoms with Crippen molar-refractivity contribution in [3.8, 4) is 0 Å². The number of amides is 1. The highest BCUT2D eigenvalue weighted by molar-refractivity contribution is 5.99. The fourth-order valence-corrected chi connectivity index (χ4v) is 1.89. The number of nitrogens with one attached hydrogen (secondary N) is 1. The zero-order valence-electron chi connectivity index (χ0n) is 10.0. The smallest absolute Gasteiger partial charge is 0.270 e. The molecule has 1 aliphatic rings. The summed E-state index contributed by atoms with van der Waals surface area (Å²) >= 11 is 0. The van der Waals surface area contributed by atoms with Gasteiger partial charge in [0, 0.05) is 24.8 Å². The van der Waals surface area contributed by atoms with Gasteiger partial charge in [0.25, 0.3) is 5.91 Å². The minimum absolute atomic E-state index is 0.0457. The summed E-state index contributed by atoms with van der Waals surface area (Å²) in [6.07, 6.45) is 1.63. The number of carbonyl (C=O) groups is 2. The third-order valence-corrected chi connectivity index (χ3v) is 2.85. The fraction of sp³-hybridized carbons (Fsp3) is 0.500. The van der Waals surface area contributed by atoms with Gasteiger partial charge in [-0.05, 0) is 19.9 Å². The van der Waals surface area contributed by atoms with Gasteiger partial charge in [-0.2, -0.15) is 0 Å². The highest BCUT2D eigenvalue weighted by Gasteiger charge is 2.23. The third-order valence-electron chi connectivity index (χ3n) is 2.85. The van der Waals surface area contributed by atoms with Gasteiger partial charge in [0.1, 0.15) is 5.69 Å². The number of hydrogen-bond acceptors (Lipinski definition) is 3. The second kappa shape index (κ2) is 4.71. The summed E-state index contributed by atoms with van der Waals surface area (Å²) in [4.78, 5) is 27.8. The topological polar surface area (TPSA) is 62.4 Å². The molecule has 17 heavy (non-hydrogen) atoms. The predicted molar refractivity (Wildman–Crippen MR) is 62.1 cm³/mol. The monoisotopic (exact) mass is 236 g/mol. The Hall–Kier alpha value is -1.62. The summed E-state index contributed by atoms with van der Waals surface area (Å²) in [5.74, 6) is -0.122. The number of H-pyrrole nitrogens is 1. The molecule has 1 atom stereocenters. The quantitative estimate of drug-likeness (QED) is 0.781. The first-order valence-corrected chi connectivity index (χ1v) is 5.68. The van der Waals surface area contributed by atoms with Gasteiger partial charge in [-0.15, -0.1) is 0 Å². The summed E-state index contributed by atoms with van der Waals surface area (Å²) in [6.45, 7) is 5.17. The van der Waals surface area contributed by atoms with Crippen molar-refractivity contribution < 1.29 is 14.3 Å². The van der Waals surface area contributed by atoms with E-state index >= 15 is 0 Å². The zero-order valence-corrected chi connectivity index (χ0v) is 10.0. The van der Waals surface area contributed by atoms with Crippen molar-refractivity contribution >= 4 is 11.7 Å². The molecule has 5 nitrogen and oxygen atoms in total. The van der Waals surface area contributed by atoms with Crippen molar-refractivity contribution in [3.05, 3.63) is 23.5 Å². The molecule has 92 valence electrons. The molecule has 0 bridgehead atoms. The first-order chi connectivity index (χ1) is 8.08. The predicted octanol–water partition coefficient (Wildman–Crippen LogP) is 1.08. The summed E-state index contributed by atoms with van der Waals surface area (Å²) in [5.41, 5.74) is 0.999. The van der Waals surface area contributed by atoms with Crippen LogP contribution in [0.5, 0.6) is 0 Å². The second-order valence-electron chi connectivity index (χ2n) is 4.29. The van der Waals surface area contributed by atoms with Crippen LogP contribution in [0.25, 0.3) is 0 Å². The Morgan fingerprint density at radius 1 is 1.53 bits per heavy atom. The largest absolute Gasteiger partial charge is 0.375 e. The van der Waals surface area contributed by atoms with E-state index in [4.69, 9.17) is 4.74 Å². The number of ether oxygens (including phenoxy) is 1. The van der Waals surface area contributed by atoms with Crippen molar-refractivity contribution in [3.63, 3.8) is 0 Å². The Balaban J connectivity index is 2.10. The van der Waals surface area contributed by atoms with Gasteiger partial charge in [-0.3, -0.25) is 9.59 Å². The number of rotatable bonds is 2. The lowest BCUT2D eigenvalue weighted by atomic mass is 10.2. The molecule has 1 saturated heterocycles. The maximum absolute atomic E-state index is 12.1. The lowest BCUT2D eigenvalue weighted by Crippen LogP contribution is -2.44. The van der Waals surface area contributed by atoms with Crippen LogP contribution in [-0.4, -0.2) is 47.4 Å². The Morgan fingerprint density at radius 3 is 2.88 bits per heavy atom. The van der Waals surface area contributed by atoms with Crippen LogP contribution in [0.3, 0.4) is 0 Å². The number of carbonyl (C=O) groups excluding carboxylic acids is 2. The number of aromatic nitrogens is 1. The van der Waals surface area contributed by atoms with Crippen LogP contribution in [0.15, 0.2) is 12.3 Å². The number of hydrogen-bond donors (Lipinski definition) is 1. The first-order valence-electron chi connectivity index (χ1n) is 5.68. The zero-order chi connectivity index (χ0) is 12.4. The summed E-state index contributed by atoms with van der Waals surface area (Å²) < 4.78 is 5.38. The lowest BCUT2D eigenvalue weighted by molar-refractivity contribution is -0.0126. The van der Waals surface area contributed by atoms with Gasteiger partial charge < -0.3 is 14.6 Å². The molecule has 0 saturated carbocycles. The van der Waals surface area contributed by atoms with E-state index in [0.717, 1.165) is 0 Å². The molecule has 1 fully saturated rings. The van der Waals surface area contributed by atoms with E-state index in [0.29, 0.717) is 31.0 Å². The minimum atomic E-state index is -0.0762. The summed E-state index contributed by atoms with van der Waals surface area (Å²) in [6, 6.07) is 1.60. The van der Waals surface area contributed by atoms with Gasteiger partial charge in [-0.25, -0.2) is 0 Å². The van der Waals surface area contributed by atoms with Crippen molar-refractivity contribution in [1.29, 1.82) is 0 Å². The molecular weight excluding hydrogens is 220 g/mol. The van der Waals surface area contributed by atoms with Crippen LogP contribution in [-0.2, 0) is 4.74 Å². The standard InChI is InChI=1S/C12H16N2O3/c1-8-7-14(3-4-17-8)12(16)11-5-10(6-13-11)9(2)15/h5-6,8,13H,3-4,7H2,1-2H3. The summed E-state index contributed by atoms with van der Waals surface area (Å²) in [5, 5.41) is 0. The number of Topliss-reactive ketones (excluding diaryl/α,β-unsaturated/α-hetero) is 1. The van der Waals surface area contributed by atoms with Gasteiger partial charge in [0.2, 0.25) is 0 Å². The molecule has 1 N–H and O–H groups in total. The molecule has 0 aliphatic carbocycles. The molecule has 0 spiro atoms. The Bertz CT molecular complexity index is 439. The Morgan fingerprint density at radius 2 is 2.29 bits per heavy atom. The van der Waals surface area contributed by atoms with E-state index in [2.05, 4.69) is 4.98 Å². The van der Waals surface area contributed by atoms with Gasteiger partial charge in [-0.1, -0.05) is 0 Å². The number of morpholine rings is 1. The number of nitrogens with zero attached hydrogens (tertiary/aromatic N) is 1. The molecule has 0 aromatic carbocycles. The van der Waals surface area contributed by atoms with Gasteiger partial charge >= 0.3 is 0 Å². The van der Waals surface area contributed by atoms with E-state index in [1.807, 2.05) is 6.92 Å². The fourth-order valence-electron chi connectivity index (χ4n) is 1.89. The molecule has 1 amide bonds. The van der Waals surface area contributed by atoms with Crippen molar-refractivity contribution in [2.24, 2.45) is 0 Å². The van der Waals surface area contributed by atoms with Crippen molar-refractivity contribution in [1.82, 2.24) is 9.88 Å². The Labute approximate surface area is 99.8 Å². The summed E-state index contributed by atoms with van der Waals surface area (Å²) in [7, 11) is 0. The molecule has 1 aromatic heterocycles. The van der Waals surface area contributed by atoms with E-state index in [1.54, 1.807) is 17.2 Å². The van der Waals surface area contributed by atoms with Crippen molar-refractivity contribution in [2.75, 3.05) is 19.7 Å². The molecule has 2 rings (SSSR count). The molecule has 1 unspecified atom stereocenters. The molecule has 1 aromatic rings. The average molecular weight is 236 g/mol. The number of ketones is 1. The van der Waals surface area contributed by atoms with Crippen LogP contribution in [0.1, 0.15) is 34.7 Å². The van der Waals surface area contributed by atoms with E-state index in [-0.39, 0.29) is 17.8 Å². The van der Waals surface area contributed by atoms with Crippen LogP contribution < -0.4 is 0 Å². The van der Waals surface area contributed by atoms with E-state index in [1.165, 1.54) is 6.92 Å². The maximum Gasteiger partial charge on any atom is 0.270 e. The third kappa shape index (κ3) is 2.55. The van der Waals surface area contributed by atoms with Gasteiger partial charge in [0.15, 0.2) is 5.78 Å². The maximum atomic E-state index is 12.1. The molecule has 1 aliphatic heterocycles. The van der Waals surface area contributed by atoms with E-state index in [9.17, 15) is 9.59 Å². The van der Waals surface area contributed by atoms with Crippen LogP contribution in [0.4, 0.5) is 0 Å². The van der Waals surface area contributed by atoms with Crippen LogP contribution in [0.2, 0.25) is 0 Å². The van der Waals surface area contributed by atoms with Gasteiger partial charge in [0.05, 0.1) is 12.7 Å². The molecular formula is C12H16N2O3. The lowest BCUT2D eigenvalue weighted by Gasteiger charge is -2.30. The second-order valence-corrected chi connectivity index (χ2v) is 4.29. The van der Waals surface area contributed by atoms with Crippen LogP contribution >= 0.6 is 0 Å². The highest BCUT2D eigenvalue weighted by atomic mass is 16.5. The molecule has 5 heteroatoms.